The van der Waals surface area contributed by atoms with Gasteiger partial charge in [-0.1, -0.05) is 28.1 Å². The Bertz CT molecular complexity index is 729. The quantitative estimate of drug-likeness (QED) is 0.789. The lowest BCUT2D eigenvalue weighted by molar-refractivity contribution is 0.0927. The number of hydrogen-bond donors (Lipinski definition) is 2. The second-order valence-electron chi connectivity index (χ2n) is 5.32. The summed E-state index contributed by atoms with van der Waals surface area (Å²) in [7, 11) is 0. The molecule has 2 rings (SSSR count). The number of hydrogen-bond acceptors (Lipinski definition) is 2. The van der Waals surface area contributed by atoms with Crippen LogP contribution in [-0.4, -0.2) is 24.9 Å². The van der Waals surface area contributed by atoms with E-state index in [1.165, 1.54) is 0 Å². The SMILES string of the molecule is Cc1ccc(C(=O)NCCNC(=O)c2cccc(Br)c2)cc1C. The Hall–Kier alpha value is -2.14. The molecular weight excluding hydrogens is 356 g/mol. The topological polar surface area (TPSA) is 58.2 Å². The summed E-state index contributed by atoms with van der Waals surface area (Å²) < 4.78 is 0.855. The molecule has 0 aliphatic rings. The molecule has 5 heteroatoms. The first-order valence-electron chi connectivity index (χ1n) is 7.36. The summed E-state index contributed by atoms with van der Waals surface area (Å²) in [4.78, 5) is 24.0. The van der Waals surface area contributed by atoms with Crippen LogP contribution in [-0.2, 0) is 0 Å². The van der Waals surface area contributed by atoms with Crippen molar-refractivity contribution in [3.05, 3.63) is 69.2 Å². The monoisotopic (exact) mass is 374 g/mol. The first kappa shape index (κ1) is 17.2. The zero-order chi connectivity index (χ0) is 16.8. The molecule has 2 aromatic rings. The lowest BCUT2D eigenvalue weighted by Crippen LogP contribution is -2.34. The van der Waals surface area contributed by atoms with Gasteiger partial charge < -0.3 is 10.6 Å². The molecule has 0 aromatic heterocycles. The highest BCUT2D eigenvalue weighted by Crippen LogP contribution is 2.11. The summed E-state index contributed by atoms with van der Waals surface area (Å²) in [6, 6.07) is 12.8. The standard InChI is InChI=1S/C18H19BrN2O2/c1-12-6-7-15(10-13(12)2)18(23)21-9-8-20-17(22)14-4-3-5-16(19)11-14/h3-7,10-11H,8-9H2,1-2H3,(H,20,22)(H,21,23). The van der Waals surface area contributed by atoms with Crippen LogP contribution in [0.15, 0.2) is 46.9 Å². The van der Waals surface area contributed by atoms with Gasteiger partial charge in [-0.15, -0.1) is 0 Å². The molecule has 4 nitrogen and oxygen atoms in total. The van der Waals surface area contributed by atoms with E-state index in [-0.39, 0.29) is 11.8 Å². The molecule has 0 radical (unpaired) electrons. The average Bonchev–Trinajstić information content (AvgIpc) is 2.53. The second kappa shape index (κ2) is 7.92. The highest BCUT2D eigenvalue weighted by Gasteiger charge is 2.07. The summed E-state index contributed by atoms with van der Waals surface area (Å²) in [5, 5.41) is 5.58. The van der Waals surface area contributed by atoms with Crippen molar-refractivity contribution in [1.29, 1.82) is 0 Å². The Balaban J connectivity index is 1.79. The van der Waals surface area contributed by atoms with E-state index in [1.807, 2.05) is 32.0 Å². The number of nitrogens with one attached hydrogen (secondary N) is 2. The number of carbonyl (C=O) groups is 2. The molecule has 120 valence electrons. The Morgan fingerprint density at radius 1 is 0.870 bits per heavy atom. The fourth-order valence-electron chi connectivity index (χ4n) is 2.07. The van der Waals surface area contributed by atoms with Crippen molar-refractivity contribution in [2.75, 3.05) is 13.1 Å². The van der Waals surface area contributed by atoms with Crippen molar-refractivity contribution < 1.29 is 9.59 Å². The van der Waals surface area contributed by atoms with E-state index < -0.39 is 0 Å². The number of halogens is 1. The Morgan fingerprint density at radius 2 is 1.48 bits per heavy atom. The van der Waals surface area contributed by atoms with Crippen LogP contribution < -0.4 is 10.6 Å². The van der Waals surface area contributed by atoms with Gasteiger partial charge in [-0.2, -0.15) is 0 Å². The first-order valence-corrected chi connectivity index (χ1v) is 8.16. The molecule has 0 saturated carbocycles. The zero-order valence-corrected chi connectivity index (χ0v) is 14.7. The van der Waals surface area contributed by atoms with Crippen molar-refractivity contribution in [2.45, 2.75) is 13.8 Å². The molecule has 0 bridgehead atoms. The molecule has 0 fully saturated rings. The third-order valence-electron chi connectivity index (χ3n) is 3.55. The van der Waals surface area contributed by atoms with E-state index >= 15 is 0 Å². The Labute approximate surface area is 144 Å². The van der Waals surface area contributed by atoms with Crippen molar-refractivity contribution in [3.8, 4) is 0 Å². The predicted molar refractivity (Wildman–Crippen MR) is 94.7 cm³/mol. The molecule has 0 saturated heterocycles. The molecule has 2 N–H and O–H groups in total. The smallest absolute Gasteiger partial charge is 0.251 e. The summed E-state index contributed by atoms with van der Waals surface area (Å²) in [5.74, 6) is -0.295. The third-order valence-corrected chi connectivity index (χ3v) is 4.05. The van der Waals surface area contributed by atoms with Crippen LogP contribution in [0, 0.1) is 13.8 Å². The molecule has 23 heavy (non-hydrogen) atoms. The maximum atomic E-state index is 12.0. The molecule has 0 atom stereocenters. The van der Waals surface area contributed by atoms with Crippen molar-refractivity contribution in [2.24, 2.45) is 0 Å². The average molecular weight is 375 g/mol. The van der Waals surface area contributed by atoms with Crippen LogP contribution in [0.4, 0.5) is 0 Å². The molecule has 0 heterocycles. The van der Waals surface area contributed by atoms with Crippen molar-refractivity contribution in [1.82, 2.24) is 10.6 Å². The first-order chi connectivity index (χ1) is 11.0. The zero-order valence-electron chi connectivity index (χ0n) is 13.2. The van der Waals surface area contributed by atoms with E-state index in [9.17, 15) is 9.59 Å². The molecule has 0 aliphatic carbocycles. The van der Waals surface area contributed by atoms with Gasteiger partial charge in [0, 0.05) is 28.7 Å². The van der Waals surface area contributed by atoms with Crippen LogP contribution in [0.2, 0.25) is 0 Å². The van der Waals surface area contributed by atoms with Gasteiger partial charge in [0.25, 0.3) is 11.8 Å². The van der Waals surface area contributed by atoms with Gasteiger partial charge in [0.15, 0.2) is 0 Å². The maximum absolute atomic E-state index is 12.0. The number of benzene rings is 2. The fourth-order valence-corrected chi connectivity index (χ4v) is 2.47. The second-order valence-corrected chi connectivity index (χ2v) is 6.24. The largest absolute Gasteiger partial charge is 0.350 e. The van der Waals surface area contributed by atoms with Gasteiger partial charge in [-0.3, -0.25) is 9.59 Å². The Kier molecular flexibility index (Phi) is 5.93. The molecule has 0 aliphatic heterocycles. The number of carbonyl (C=O) groups excluding carboxylic acids is 2. The molecule has 2 amide bonds. The van der Waals surface area contributed by atoms with E-state index in [0.717, 1.165) is 15.6 Å². The summed E-state index contributed by atoms with van der Waals surface area (Å²) in [6.45, 7) is 4.74. The molecular formula is C18H19BrN2O2. The van der Waals surface area contributed by atoms with Crippen LogP contribution in [0.5, 0.6) is 0 Å². The Morgan fingerprint density at radius 3 is 2.04 bits per heavy atom. The molecule has 0 unspecified atom stereocenters. The fraction of sp³-hybridized carbons (Fsp3) is 0.222. The van der Waals surface area contributed by atoms with Crippen molar-refractivity contribution in [3.63, 3.8) is 0 Å². The molecule has 2 aromatic carbocycles. The van der Waals surface area contributed by atoms with Crippen LogP contribution in [0.3, 0.4) is 0 Å². The highest BCUT2D eigenvalue weighted by atomic mass is 79.9. The lowest BCUT2D eigenvalue weighted by atomic mass is 10.1. The van der Waals surface area contributed by atoms with E-state index in [2.05, 4.69) is 26.6 Å². The lowest BCUT2D eigenvalue weighted by Gasteiger charge is -2.08. The summed E-state index contributed by atoms with van der Waals surface area (Å²) in [5.41, 5.74) is 3.45. The number of amides is 2. The van der Waals surface area contributed by atoms with Gasteiger partial charge in [-0.05, 0) is 55.3 Å². The van der Waals surface area contributed by atoms with E-state index in [4.69, 9.17) is 0 Å². The minimum atomic E-state index is -0.160. The van der Waals surface area contributed by atoms with Gasteiger partial charge in [0.1, 0.15) is 0 Å². The number of aryl methyl sites for hydroxylation is 2. The van der Waals surface area contributed by atoms with Gasteiger partial charge in [0.2, 0.25) is 0 Å². The summed E-state index contributed by atoms with van der Waals surface area (Å²) in [6.07, 6.45) is 0. The third kappa shape index (κ3) is 4.93. The van der Waals surface area contributed by atoms with Crippen molar-refractivity contribution >= 4 is 27.7 Å². The molecule has 0 spiro atoms. The van der Waals surface area contributed by atoms with E-state index in [1.54, 1.807) is 24.3 Å². The van der Waals surface area contributed by atoms with Crippen LogP contribution >= 0.6 is 15.9 Å². The van der Waals surface area contributed by atoms with Crippen LogP contribution in [0.1, 0.15) is 31.8 Å². The van der Waals surface area contributed by atoms with Gasteiger partial charge >= 0.3 is 0 Å². The predicted octanol–water partition coefficient (Wildman–Crippen LogP) is 3.23. The normalized spacial score (nSPS) is 10.2. The highest BCUT2D eigenvalue weighted by molar-refractivity contribution is 9.10. The van der Waals surface area contributed by atoms with Gasteiger partial charge in [-0.25, -0.2) is 0 Å². The van der Waals surface area contributed by atoms with E-state index in [0.29, 0.717) is 24.2 Å². The number of rotatable bonds is 5. The minimum absolute atomic E-state index is 0.134. The van der Waals surface area contributed by atoms with Gasteiger partial charge in [0.05, 0.1) is 0 Å². The maximum Gasteiger partial charge on any atom is 0.251 e. The summed E-state index contributed by atoms with van der Waals surface area (Å²) >= 11 is 3.33. The van der Waals surface area contributed by atoms with Crippen LogP contribution in [0.25, 0.3) is 0 Å². The minimum Gasteiger partial charge on any atom is -0.350 e.